The highest BCUT2D eigenvalue weighted by Crippen LogP contribution is 2.18. The lowest BCUT2D eigenvalue weighted by molar-refractivity contribution is -0.143. The van der Waals surface area contributed by atoms with Gasteiger partial charge in [-0.25, -0.2) is 0 Å². The van der Waals surface area contributed by atoms with Gasteiger partial charge in [-0.2, -0.15) is 0 Å². The zero-order valence-corrected chi connectivity index (χ0v) is 36.7. The van der Waals surface area contributed by atoms with E-state index in [9.17, 15) is 4.79 Å². The smallest absolute Gasteiger partial charge is 0.305 e. The van der Waals surface area contributed by atoms with Crippen molar-refractivity contribution in [3.8, 4) is 0 Å². The summed E-state index contributed by atoms with van der Waals surface area (Å²) < 4.78 is 5.45. The molecule has 0 saturated heterocycles. The van der Waals surface area contributed by atoms with Crippen LogP contribution >= 0.6 is 0 Å². The van der Waals surface area contributed by atoms with E-state index in [0.717, 1.165) is 18.8 Å². The van der Waals surface area contributed by atoms with Crippen molar-refractivity contribution < 1.29 is 9.53 Å². The van der Waals surface area contributed by atoms with Crippen molar-refractivity contribution >= 4 is 5.97 Å². The minimum Gasteiger partial charge on any atom is -0.466 e. The Hall–Kier alpha value is -0.530. The van der Waals surface area contributed by atoms with Crippen LogP contribution < -0.4 is 0 Å². The number of esters is 1. The summed E-state index contributed by atoms with van der Waals surface area (Å²) in [6.07, 6.45) is 61.0. The maximum Gasteiger partial charge on any atom is 0.305 e. The average Bonchev–Trinajstić information content (AvgIpc) is 3.15. The van der Waals surface area contributed by atoms with Crippen molar-refractivity contribution in [2.24, 2.45) is 5.92 Å². The van der Waals surface area contributed by atoms with Gasteiger partial charge < -0.3 is 4.74 Å². The molecule has 0 aromatic rings. The Kier molecular flexibility index (Phi) is 46.1. The summed E-state index contributed by atoms with van der Waals surface area (Å²) in [5.41, 5.74) is 0. The van der Waals surface area contributed by atoms with Crippen LogP contribution in [-0.2, 0) is 9.53 Å². The molecule has 0 aliphatic rings. The van der Waals surface area contributed by atoms with Crippen LogP contribution in [0.2, 0.25) is 0 Å². The van der Waals surface area contributed by atoms with E-state index in [-0.39, 0.29) is 5.97 Å². The average molecular weight is 733 g/mol. The lowest BCUT2D eigenvalue weighted by Crippen LogP contribution is -2.05. The first kappa shape index (κ1) is 51.5. The fourth-order valence-electron chi connectivity index (χ4n) is 7.94. The van der Waals surface area contributed by atoms with Crippen molar-refractivity contribution in [3.05, 3.63) is 0 Å². The summed E-state index contributed by atoms with van der Waals surface area (Å²) in [4.78, 5) is 11.9. The van der Waals surface area contributed by atoms with Gasteiger partial charge in [0, 0.05) is 6.42 Å². The quantitative estimate of drug-likeness (QED) is 0.0460. The van der Waals surface area contributed by atoms with Gasteiger partial charge in [-0.05, 0) is 18.8 Å². The molecule has 312 valence electrons. The molecule has 0 N–H and O–H groups in total. The normalized spacial score (nSPS) is 12.1. The molecule has 0 spiro atoms. The van der Waals surface area contributed by atoms with Crippen LogP contribution in [0.25, 0.3) is 0 Å². The summed E-state index contributed by atoms with van der Waals surface area (Å²) >= 11 is 0. The largest absolute Gasteiger partial charge is 0.466 e. The predicted octanol–water partition coefficient (Wildman–Crippen LogP) is 18.4. The highest BCUT2D eigenvalue weighted by molar-refractivity contribution is 5.69. The molecule has 1 unspecified atom stereocenters. The third-order valence-electron chi connectivity index (χ3n) is 12.0. The van der Waals surface area contributed by atoms with E-state index in [1.54, 1.807) is 0 Å². The van der Waals surface area contributed by atoms with Crippen molar-refractivity contribution in [2.75, 3.05) is 6.61 Å². The van der Waals surface area contributed by atoms with Crippen LogP contribution in [-0.4, -0.2) is 12.6 Å². The second-order valence-corrected chi connectivity index (χ2v) is 17.4. The second kappa shape index (κ2) is 46.6. The SMILES string of the molecule is CCCCCCCCCCCC(=O)OCCCCCCCCCCCCCCCCCCCCCCCCCCCCCCCCCCC(C)CC. The van der Waals surface area contributed by atoms with Crippen molar-refractivity contribution in [1.29, 1.82) is 0 Å². The maximum atomic E-state index is 11.9. The number of carbonyl (C=O) groups excluding carboxylic acids is 1. The molecule has 0 radical (unpaired) electrons. The van der Waals surface area contributed by atoms with Crippen molar-refractivity contribution in [2.45, 2.75) is 303 Å². The molecular formula is C50H100O2. The van der Waals surface area contributed by atoms with Crippen LogP contribution in [0.1, 0.15) is 303 Å². The van der Waals surface area contributed by atoms with Gasteiger partial charge in [-0.15, -0.1) is 0 Å². The predicted molar refractivity (Wildman–Crippen MR) is 235 cm³/mol. The molecule has 0 aromatic carbocycles. The summed E-state index contributed by atoms with van der Waals surface area (Å²) in [7, 11) is 0. The van der Waals surface area contributed by atoms with Crippen LogP contribution in [0.4, 0.5) is 0 Å². The Labute approximate surface area is 330 Å². The lowest BCUT2D eigenvalue weighted by Gasteiger charge is -2.07. The number of ether oxygens (including phenoxy) is 1. The first-order valence-corrected chi connectivity index (χ1v) is 24.9. The highest BCUT2D eigenvalue weighted by Gasteiger charge is 2.03. The van der Waals surface area contributed by atoms with E-state index in [4.69, 9.17) is 4.74 Å². The van der Waals surface area contributed by atoms with Gasteiger partial charge in [0.1, 0.15) is 0 Å². The molecule has 0 saturated carbocycles. The zero-order chi connectivity index (χ0) is 37.7. The van der Waals surface area contributed by atoms with Gasteiger partial charge in [0.2, 0.25) is 0 Å². The first-order chi connectivity index (χ1) is 25.7. The van der Waals surface area contributed by atoms with Crippen LogP contribution in [0.5, 0.6) is 0 Å². The molecule has 0 aliphatic heterocycles. The van der Waals surface area contributed by atoms with Gasteiger partial charge in [0.25, 0.3) is 0 Å². The van der Waals surface area contributed by atoms with Crippen LogP contribution in [0.3, 0.4) is 0 Å². The number of rotatable bonds is 46. The van der Waals surface area contributed by atoms with Gasteiger partial charge >= 0.3 is 5.97 Å². The monoisotopic (exact) mass is 733 g/mol. The Balaban J connectivity index is 3.11. The van der Waals surface area contributed by atoms with Gasteiger partial charge in [-0.3, -0.25) is 4.79 Å². The topological polar surface area (TPSA) is 26.3 Å². The Morgan fingerprint density at radius 1 is 0.346 bits per heavy atom. The molecule has 0 amide bonds. The van der Waals surface area contributed by atoms with Crippen LogP contribution in [0, 0.1) is 5.92 Å². The molecule has 0 aromatic heterocycles. The van der Waals surface area contributed by atoms with Crippen molar-refractivity contribution in [3.63, 3.8) is 0 Å². The molecule has 1 atom stereocenters. The molecule has 2 nitrogen and oxygen atoms in total. The first-order valence-electron chi connectivity index (χ1n) is 24.9. The summed E-state index contributed by atoms with van der Waals surface area (Å²) in [5.74, 6) is 0.968. The highest BCUT2D eigenvalue weighted by atomic mass is 16.5. The molecular weight excluding hydrogens is 633 g/mol. The lowest BCUT2D eigenvalue weighted by atomic mass is 9.99. The Bertz CT molecular complexity index is 644. The minimum absolute atomic E-state index is 0.0269. The summed E-state index contributed by atoms with van der Waals surface area (Å²) in [6.45, 7) is 7.64. The third-order valence-corrected chi connectivity index (χ3v) is 12.0. The second-order valence-electron chi connectivity index (χ2n) is 17.4. The molecule has 0 bridgehead atoms. The van der Waals surface area contributed by atoms with Crippen LogP contribution in [0.15, 0.2) is 0 Å². The standard InChI is InChI=1S/C50H100O2/c1-4-6-7-8-9-34-38-41-44-47-50(51)52-48-45-42-39-36-33-31-29-27-25-23-21-19-17-15-13-11-10-12-14-16-18-20-22-24-26-28-30-32-35-37-40-43-46-49(3)5-2/h49H,4-48H2,1-3H3. The number of carbonyl (C=O) groups is 1. The fourth-order valence-corrected chi connectivity index (χ4v) is 7.94. The fraction of sp³-hybridized carbons (Fsp3) is 0.980. The Morgan fingerprint density at radius 2 is 0.596 bits per heavy atom. The number of hydrogen-bond acceptors (Lipinski definition) is 2. The molecule has 2 heteroatoms. The number of hydrogen-bond donors (Lipinski definition) is 0. The molecule has 52 heavy (non-hydrogen) atoms. The zero-order valence-electron chi connectivity index (χ0n) is 36.7. The Morgan fingerprint density at radius 3 is 0.885 bits per heavy atom. The maximum absolute atomic E-state index is 11.9. The third kappa shape index (κ3) is 45.6. The minimum atomic E-state index is 0.0269. The number of unbranched alkanes of at least 4 members (excludes halogenated alkanes) is 39. The van der Waals surface area contributed by atoms with Gasteiger partial charge in [-0.1, -0.05) is 284 Å². The summed E-state index contributed by atoms with van der Waals surface area (Å²) in [6, 6.07) is 0. The van der Waals surface area contributed by atoms with Gasteiger partial charge in [0.05, 0.1) is 6.61 Å². The molecule has 0 rings (SSSR count). The van der Waals surface area contributed by atoms with E-state index in [2.05, 4.69) is 20.8 Å². The van der Waals surface area contributed by atoms with Crippen molar-refractivity contribution in [1.82, 2.24) is 0 Å². The van der Waals surface area contributed by atoms with E-state index < -0.39 is 0 Å². The van der Waals surface area contributed by atoms with E-state index >= 15 is 0 Å². The van der Waals surface area contributed by atoms with E-state index in [0.29, 0.717) is 13.0 Å². The molecule has 0 aliphatic carbocycles. The summed E-state index contributed by atoms with van der Waals surface area (Å²) in [5, 5.41) is 0. The van der Waals surface area contributed by atoms with E-state index in [1.807, 2.05) is 0 Å². The van der Waals surface area contributed by atoms with Gasteiger partial charge in [0.15, 0.2) is 0 Å². The molecule has 0 fully saturated rings. The molecule has 0 heterocycles. The van der Waals surface area contributed by atoms with E-state index in [1.165, 1.54) is 263 Å².